The van der Waals surface area contributed by atoms with Crippen LogP contribution in [-0.2, 0) is 6.54 Å². The van der Waals surface area contributed by atoms with Gasteiger partial charge in [0.2, 0.25) is 5.82 Å². The normalized spacial score (nSPS) is 10.9. The Balaban J connectivity index is 1.49. The maximum Gasteiger partial charge on any atom is 0.295 e. The second kappa shape index (κ2) is 6.33. The number of carbonyl (C=O) groups excluding carboxylic acids is 1. The van der Waals surface area contributed by atoms with Crippen molar-refractivity contribution in [1.29, 1.82) is 0 Å². The van der Waals surface area contributed by atoms with E-state index in [1.807, 2.05) is 24.3 Å². The van der Waals surface area contributed by atoms with Gasteiger partial charge in [-0.3, -0.25) is 9.48 Å². The SMILES string of the molecule is O=C(Nc1cnn(Cc2ccccc2Cl)c1)c1nc2ncccn2n1. The zero-order valence-corrected chi connectivity index (χ0v) is 13.6. The van der Waals surface area contributed by atoms with Crippen molar-refractivity contribution in [2.75, 3.05) is 5.32 Å². The standard InChI is InChI=1S/C16H12ClN7O/c17-13-5-2-1-4-11(13)9-23-10-12(8-19-23)20-15(25)14-21-16-18-6-3-7-24(16)22-14/h1-8,10H,9H2,(H,20,25). The number of benzene rings is 1. The third kappa shape index (κ3) is 3.20. The Morgan fingerprint density at radius 1 is 1.24 bits per heavy atom. The average Bonchev–Trinajstić information content (AvgIpc) is 3.23. The molecule has 0 atom stereocenters. The second-order valence-electron chi connectivity index (χ2n) is 5.27. The summed E-state index contributed by atoms with van der Waals surface area (Å²) in [6, 6.07) is 9.25. The van der Waals surface area contributed by atoms with E-state index >= 15 is 0 Å². The van der Waals surface area contributed by atoms with E-state index < -0.39 is 5.91 Å². The minimum Gasteiger partial charge on any atom is -0.316 e. The lowest BCUT2D eigenvalue weighted by Gasteiger charge is -2.03. The number of rotatable bonds is 4. The highest BCUT2D eigenvalue weighted by Gasteiger charge is 2.14. The molecule has 0 saturated carbocycles. The fraction of sp³-hybridized carbons (Fsp3) is 0.0625. The van der Waals surface area contributed by atoms with E-state index in [1.54, 1.807) is 35.5 Å². The summed E-state index contributed by atoms with van der Waals surface area (Å²) in [6.45, 7) is 0.506. The number of hydrogen-bond acceptors (Lipinski definition) is 5. The van der Waals surface area contributed by atoms with Gasteiger partial charge < -0.3 is 5.32 Å². The number of anilines is 1. The third-order valence-electron chi connectivity index (χ3n) is 3.50. The molecule has 0 fully saturated rings. The Labute approximate surface area is 147 Å². The summed E-state index contributed by atoms with van der Waals surface area (Å²) in [6.07, 6.45) is 6.54. The first-order valence-electron chi connectivity index (χ1n) is 7.44. The molecule has 3 aromatic heterocycles. The van der Waals surface area contributed by atoms with Crippen LogP contribution in [-0.4, -0.2) is 35.3 Å². The minimum atomic E-state index is -0.428. The predicted octanol–water partition coefficient (Wildman–Crippen LogP) is 2.27. The highest BCUT2D eigenvalue weighted by atomic mass is 35.5. The Morgan fingerprint density at radius 2 is 2.12 bits per heavy atom. The minimum absolute atomic E-state index is 0.0394. The Hall–Kier alpha value is -3.26. The number of halogens is 1. The molecular weight excluding hydrogens is 342 g/mol. The molecule has 0 bridgehead atoms. The summed E-state index contributed by atoms with van der Waals surface area (Å²) >= 11 is 6.15. The van der Waals surface area contributed by atoms with Gasteiger partial charge in [0.25, 0.3) is 11.7 Å². The number of amides is 1. The smallest absolute Gasteiger partial charge is 0.295 e. The lowest BCUT2D eigenvalue weighted by molar-refractivity contribution is 0.101. The zero-order chi connectivity index (χ0) is 17.2. The third-order valence-corrected chi connectivity index (χ3v) is 3.87. The molecule has 1 aromatic carbocycles. The molecule has 0 radical (unpaired) electrons. The number of hydrogen-bond donors (Lipinski definition) is 1. The number of nitrogens with one attached hydrogen (secondary N) is 1. The van der Waals surface area contributed by atoms with Crippen LogP contribution in [0.2, 0.25) is 5.02 Å². The molecule has 1 N–H and O–H groups in total. The Morgan fingerprint density at radius 3 is 2.96 bits per heavy atom. The van der Waals surface area contributed by atoms with Crippen LogP contribution in [0.3, 0.4) is 0 Å². The van der Waals surface area contributed by atoms with E-state index in [4.69, 9.17) is 11.6 Å². The molecule has 0 aliphatic rings. The van der Waals surface area contributed by atoms with Gasteiger partial charge in [0.1, 0.15) is 0 Å². The van der Waals surface area contributed by atoms with Gasteiger partial charge in [-0.1, -0.05) is 29.8 Å². The predicted molar refractivity (Wildman–Crippen MR) is 91.5 cm³/mol. The molecular formula is C16H12ClN7O. The summed E-state index contributed by atoms with van der Waals surface area (Å²) in [5.41, 5.74) is 1.49. The van der Waals surface area contributed by atoms with Crippen molar-refractivity contribution in [1.82, 2.24) is 29.4 Å². The van der Waals surface area contributed by atoms with Gasteiger partial charge in [-0.15, -0.1) is 5.10 Å². The maximum atomic E-state index is 12.3. The molecule has 8 nitrogen and oxygen atoms in total. The van der Waals surface area contributed by atoms with Crippen molar-refractivity contribution in [3.8, 4) is 0 Å². The lowest BCUT2D eigenvalue weighted by atomic mass is 10.2. The monoisotopic (exact) mass is 353 g/mol. The lowest BCUT2D eigenvalue weighted by Crippen LogP contribution is -2.13. The molecule has 0 unspecified atom stereocenters. The van der Waals surface area contributed by atoms with Gasteiger partial charge in [0, 0.05) is 23.6 Å². The molecule has 9 heteroatoms. The molecule has 25 heavy (non-hydrogen) atoms. The highest BCUT2D eigenvalue weighted by Crippen LogP contribution is 2.17. The highest BCUT2D eigenvalue weighted by molar-refractivity contribution is 6.31. The van der Waals surface area contributed by atoms with E-state index in [1.165, 1.54) is 4.52 Å². The topological polar surface area (TPSA) is 90.0 Å². The van der Waals surface area contributed by atoms with E-state index in [0.717, 1.165) is 5.56 Å². The fourth-order valence-corrected chi connectivity index (χ4v) is 2.53. The van der Waals surface area contributed by atoms with Crippen molar-refractivity contribution < 1.29 is 4.79 Å². The number of aromatic nitrogens is 6. The Kier molecular flexibility index (Phi) is 3.87. The van der Waals surface area contributed by atoms with Crippen molar-refractivity contribution in [3.05, 3.63) is 71.5 Å². The van der Waals surface area contributed by atoms with Crippen LogP contribution in [0.5, 0.6) is 0 Å². The quantitative estimate of drug-likeness (QED) is 0.608. The van der Waals surface area contributed by atoms with Crippen LogP contribution >= 0.6 is 11.6 Å². The van der Waals surface area contributed by atoms with Crippen LogP contribution in [0.4, 0.5) is 5.69 Å². The van der Waals surface area contributed by atoms with Crippen LogP contribution in [0.15, 0.2) is 55.1 Å². The van der Waals surface area contributed by atoms with E-state index in [9.17, 15) is 4.79 Å². The first-order valence-corrected chi connectivity index (χ1v) is 7.81. The maximum absolute atomic E-state index is 12.3. The molecule has 0 aliphatic heterocycles. The molecule has 124 valence electrons. The van der Waals surface area contributed by atoms with Gasteiger partial charge in [0.05, 0.1) is 18.4 Å². The van der Waals surface area contributed by atoms with Gasteiger partial charge in [-0.25, -0.2) is 9.50 Å². The zero-order valence-electron chi connectivity index (χ0n) is 12.9. The summed E-state index contributed by atoms with van der Waals surface area (Å²) in [5, 5.41) is 11.7. The van der Waals surface area contributed by atoms with Crippen LogP contribution in [0.1, 0.15) is 16.2 Å². The van der Waals surface area contributed by atoms with Crippen molar-refractivity contribution in [2.24, 2.45) is 0 Å². The number of fused-ring (bicyclic) bond motifs is 1. The summed E-state index contributed by atoms with van der Waals surface area (Å²) in [5.74, 6) is -0.0255. The summed E-state index contributed by atoms with van der Waals surface area (Å²) in [4.78, 5) is 20.4. The van der Waals surface area contributed by atoms with Gasteiger partial charge in [0.15, 0.2) is 0 Å². The number of carbonyl (C=O) groups is 1. The molecule has 0 spiro atoms. The largest absolute Gasteiger partial charge is 0.316 e. The molecule has 4 rings (SSSR count). The van der Waals surface area contributed by atoms with Crippen molar-refractivity contribution in [2.45, 2.75) is 6.54 Å². The Bertz CT molecular complexity index is 1020. The first-order chi connectivity index (χ1) is 12.2. The van der Waals surface area contributed by atoms with Crippen molar-refractivity contribution >= 4 is 29.0 Å². The molecule has 1 amide bonds. The summed E-state index contributed by atoms with van der Waals surface area (Å²) < 4.78 is 3.13. The summed E-state index contributed by atoms with van der Waals surface area (Å²) in [7, 11) is 0. The number of nitrogens with zero attached hydrogens (tertiary/aromatic N) is 6. The second-order valence-corrected chi connectivity index (χ2v) is 5.68. The van der Waals surface area contributed by atoms with Crippen LogP contribution in [0, 0.1) is 0 Å². The van der Waals surface area contributed by atoms with E-state index in [0.29, 0.717) is 23.0 Å². The average molecular weight is 354 g/mol. The van der Waals surface area contributed by atoms with Gasteiger partial charge in [-0.05, 0) is 17.7 Å². The van der Waals surface area contributed by atoms with Gasteiger partial charge in [-0.2, -0.15) is 10.1 Å². The molecule has 3 heterocycles. The van der Waals surface area contributed by atoms with E-state index in [2.05, 4.69) is 25.5 Å². The fourth-order valence-electron chi connectivity index (χ4n) is 2.33. The van der Waals surface area contributed by atoms with Gasteiger partial charge >= 0.3 is 0 Å². The van der Waals surface area contributed by atoms with Crippen LogP contribution in [0.25, 0.3) is 5.78 Å². The molecule has 4 aromatic rings. The molecule has 0 saturated heterocycles. The first kappa shape index (κ1) is 15.3. The molecule has 0 aliphatic carbocycles. The van der Waals surface area contributed by atoms with E-state index in [-0.39, 0.29) is 5.82 Å². The van der Waals surface area contributed by atoms with Crippen LogP contribution < -0.4 is 5.32 Å². The van der Waals surface area contributed by atoms with Crippen molar-refractivity contribution in [3.63, 3.8) is 0 Å².